The van der Waals surface area contributed by atoms with Crippen LogP contribution in [0.3, 0.4) is 0 Å². The van der Waals surface area contributed by atoms with Gasteiger partial charge in [0.1, 0.15) is 17.3 Å². The summed E-state index contributed by atoms with van der Waals surface area (Å²) in [6, 6.07) is 6.42. The zero-order valence-electron chi connectivity index (χ0n) is 13.6. The van der Waals surface area contributed by atoms with E-state index in [1.54, 1.807) is 12.1 Å². The molecule has 0 bridgehead atoms. The molecule has 0 saturated carbocycles. The van der Waals surface area contributed by atoms with E-state index >= 15 is 0 Å². The van der Waals surface area contributed by atoms with E-state index in [9.17, 15) is 21.2 Å². The Morgan fingerprint density at radius 2 is 1.85 bits per heavy atom. The van der Waals surface area contributed by atoms with Crippen molar-refractivity contribution in [1.82, 2.24) is 4.31 Å². The summed E-state index contributed by atoms with van der Waals surface area (Å²) in [7, 11) is -7.29. The van der Waals surface area contributed by atoms with Crippen molar-refractivity contribution < 1.29 is 25.6 Å². The van der Waals surface area contributed by atoms with Gasteiger partial charge in [0.25, 0.3) is 0 Å². The number of sulfonamides is 1. The maximum absolute atomic E-state index is 13.3. The summed E-state index contributed by atoms with van der Waals surface area (Å²) in [6.07, 6.45) is 1.79. The van der Waals surface area contributed by atoms with Crippen molar-refractivity contribution in [2.45, 2.75) is 28.7 Å². The first-order chi connectivity index (χ1) is 12.2. The lowest BCUT2D eigenvalue weighted by atomic mass is 10.2. The first-order valence-electron chi connectivity index (χ1n) is 7.89. The van der Waals surface area contributed by atoms with Gasteiger partial charge in [0, 0.05) is 13.1 Å². The maximum atomic E-state index is 13.3. The number of nitrogens with zero attached hydrogens (tertiary/aromatic N) is 1. The van der Waals surface area contributed by atoms with Crippen LogP contribution >= 0.6 is 11.6 Å². The molecular formula is C16H17ClFNO5S2. The molecule has 0 radical (unpaired) electrons. The third-order valence-corrected chi connectivity index (χ3v) is 8.72. The predicted octanol–water partition coefficient (Wildman–Crippen LogP) is 2.84. The van der Waals surface area contributed by atoms with E-state index in [4.69, 9.17) is 16.0 Å². The smallest absolute Gasteiger partial charge is 0.243 e. The number of rotatable bonds is 5. The molecule has 3 rings (SSSR count). The Kier molecular flexibility index (Phi) is 5.43. The quantitative estimate of drug-likeness (QED) is 0.741. The van der Waals surface area contributed by atoms with Crippen molar-refractivity contribution in [3.63, 3.8) is 0 Å². The molecule has 142 valence electrons. The van der Waals surface area contributed by atoms with E-state index in [0.717, 1.165) is 18.2 Å². The van der Waals surface area contributed by atoms with E-state index in [-0.39, 0.29) is 41.6 Å². The summed E-state index contributed by atoms with van der Waals surface area (Å²) in [5.41, 5.74) is 0. The van der Waals surface area contributed by atoms with E-state index in [1.165, 1.54) is 10.6 Å². The molecule has 1 aliphatic heterocycles. The van der Waals surface area contributed by atoms with Gasteiger partial charge in [-0.15, -0.1) is 0 Å². The molecule has 0 aliphatic carbocycles. The van der Waals surface area contributed by atoms with Crippen LogP contribution in [0.4, 0.5) is 4.39 Å². The molecule has 2 heterocycles. The van der Waals surface area contributed by atoms with Crippen LogP contribution < -0.4 is 0 Å². The Bertz CT molecular complexity index is 982. The molecular weight excluding hydrogens is 405 g/mol. The first kappa shape index (κ1) is 19.3. The second kappa shape index (κ2) is 7.30. The van der Waals surface area contributed by atoms with Crippen molar-refractivity contribution in [2.75, 3.05) is 13.1 Å². The summed E-state index contributed by atoms with van der Waals surface area (Å²) in [6.45, 7) is 0.138. The third kappa shape index (κ3) is 3.95. The van der Waals surface area contributed by atoms with Gasteiger partial charge in [0.05, 0.1) is 21.4 Å². The molecule has 1 aliphatic rings. The van der Waals surface area contributed by atoms with Gasteiger partial charge in [-0.3, -0.25) is 0 Å². The minimum Gasteiger partial charge on any atom is -0.468 e. The molecule has 1 saturated heterocycles. The van der Waals surface area contributed by atoms with Gasteiger partial charge in [0.2, 0.25) is 10.0 Å². The Morgan fingerprint density at radius 3 is 2.42 bits per heavy atom. The van der Waals surface area contributed by atoms with Crippen molar-refractivity contribution in [3.05, 3.63) is 53.2 Å². The van der Waals surface area contributed by atoms with Gasteiger partial charge >= 0.3 is 0 Å². The van der Waals surface area contributed by atoms with Crippen LogP contribution in [-0.2, 0) is 25.6 Å². The van der Waals surface area contributed by atoms with Crippen molar-refractivity contribution in [3.8, 4) is 0 Å². The average Bonchev–Trinajstić information content (AvgIpc) is 3.09. The van der Waals surface area contributed by atoms with Crippen LogP contribution in [0.2, 0.25) is 5.02 Å². The molecule has 1 aromatic heterocycles. The van der Waals surface area contributed by atoms with Gasteiger partial charge in [0.15, 0.2) is 9.84 Å². The monoisotopic (exact) mass is 421 g/mol. The van der Waals surface area contributed by atoms with Crippen LogP contribution in [0.25, 0.3) is 0 Å². The lowest BCUT2D eigenvalue weighted by Crippen LogP contribution is -2.42. The summed E-state index contributed by atoms with van der Waals surface area (Å²) >= 11 is 5.66. The van der Waals surface area contributed by atoms with E-state index in [1.807, 2.05) is 0 Å². The molecule has 10 heteroatoms. The molecule has 0 unspecified atom stereocenters. The van der Waals surface area contributed by atoms with Gasteiger partial charge in [-0.05, 0) is 43.2 Å². The van der Waals surface area contributed by atoms with E-state index in [0.29, 0.717) is 5.76 Å². The Labute approximate surface area is 156 Å². The zero-order valence-corrected chi connectivity index (χ0v) is 16.0. The minimum absolute atomic E-state index is 0.0688. The fourth-order valence-corrected chi connectivity index (χ4v) is 6.40. The molecule has 0 atom stereocenters. The number of hydrogen-bond donors (Lipinski definition) is 0. The lowest BCUT2D eigenvalue weighted by Gasteiger charge is -2.30. The van der Waals surface area contributed by atoms with Crippen LogP contribution in [0.1, 0.15) is 18.6 Å². The molecule has 1 fully saturated rings. The van der Waals surface area contributed by atoms with Crippen LogP contribution in [-0.4, -0.2) is 39.5 Å². The topological polar surface area (TPSA) is 84.7 Å². The zero-order chi connectivity index (χ0) is 18.9. The van der Waals surface area contributed by atoms with Gasteiger partial charge in [-0.1, -0.05) is 11.6 Å². The average molecular weight is 422 g/mol. The predicted molar refractivity (Wildman–Crippen MR) is 94.5 cm³/mol. The summed E-state index contributed by atoms with van der Waals surface area (Å²) in [5, 5.41) is -0.905. The number of halogens is 2. The van der Waals surface area contributed by atoms with E-state index in [2.05, 4.69) is 0 Å². The molecule has 1 aromatic carbocycles. The van der Waals surface area contributed by atoms with Crippen molar-refractivity contribution >= 4 is 31.5 Å². The Morgan fingerprint density at radius 1 is 1.15 bits per heavy atom. The highest BCUT2D eigenvalue weighted by Crippen LogP contribution is 2.27. The lowest BCUT2D eigenvalue weighted by molar-refractivity contribution is 0.345. The third-order valence-electron chi connectivity index (χ3n) is 4.36. The summed E-state index contributed by atoms with van der Waals surface area (Å²) < 4.78 is 69.8. The number of piperidine rings is 1. The van der Waals surface area contributed by atoms with Crippen LogP contribution in [0.15, 0.2) is 45.9 Å². The molecule has 0 amide bonds. The SMILES string of the molecule is O=S(=O)(Cc1ccco1)C1CCN(S(=O)(=O)c2ccc(F)c(Cl)c2)CC1. The standard InChI is InChI=1S/C16H17ClFNO5S2/c17-15-10-14(3-4-16(15)18)26(22,23)19-7-5-13(6-8-19)25(20,21)11-12-2-1-9-24-12/h1-4,9-10,13H,5-8,11H2. The van der Waals surface area contributed by atoms with Gasteiger partial charge in [-0.2, -0.15) is 4.31 Å². The second-order valence-corrected chi connectivity index (χ2v) is 10.7. The minimum atomic E-state index is -3.85. The van der Waals surface area contributed by atoms with Gasteiger partial charge < -0.3 is 4.42 Å². The fraction of sp³-hybridized carbons (Fsp3) is 0.375. The van der Waals surface area contributed by atoms with Crippen LogP contribution in [0, 0.1) is 5.82 Å². The van der Waals surface area contributed by atoms with Gasteiger partial charge in [-0.25, -0.2) is 21.2 Å². The van der Waals surface area contributed by atoms with Crippen molar-refractivity contribution in [1.29, 1.82) is 0 Å². The molecule has 6 nitrogen and oxygen atoms in total. The van der Waals surface area contributed by atoms with Crippen molar-refractivity contribution in [2.24, 2.45) is 0 Å². The number of sulfone groups is 1. The molecule has 26 heavy (non-hydrogen) atoms. The first-order valence-corrected chi connectivity index (χ1v) is 11.4. The number of benzene rings is 1. The Hall–Kier alpha value is -1.42. The van der Waals surface area contributed by atoms with Crippen LogP contribution in [0.5, 0.6) is 0 Å². The Balaban J connectivity index is 1.70. The second-order valence-electron chi connectivity index (χ2n) is 6.07. The number of hydrogen-bond acceptors (Lipinski definition) is 5. The summed E-state index contributed by atoms with van der Waals surface area (Å²) in [4.78, 5) is -0.110. The fourth-order valence-electron chi connectivity index (χ4n) is 2.93. The highest BCUT2D eigenvalue weighted by atomic mass is 35.5. The summed E-state index contributed by atoms with van der Waals surface area (Å²) in [5.74, 6) is -0.542. The number of furan rings is 1. The molecule has 0 spiro atoms. The maximum Gasteiger partial charge on any atom is 0.243 e. The highest BCUT2D eigenvalue weighted by Gasteiger charge is 2.35. The molecule has 0 N–H and O–H groups in total. The molecule has 2 aromatic rings. The largest absolute Gasteiger partial charge is 0.468 e. The van der Waals surface area contributed by atoms with E-state index < -0.39 is 30.9 Å². The highest BCUT2D eigenvalue weighted by molar-refractivity contribution is 7.91. The normalized spacial score (nSPS) is 17.5.